The van der Waals surface area contributed by atoms with Gasteiger partial charge in [0.2, 0.25) is 5.95 Å². The highest BCUT2D eigenvalue weighted by molar-refractivity contribution is 7.18. The molecule has 0 amide bonds. The molecule has 7 heteroatoms. The summed E-state index contributed by atoms with van der Waals surface area (Å²) in [5.74, 6) is 0.497. The number of hydrogen-bond acceptors (Lipinski definition) is 6. The van der Waals surface area contributed by atoms with Gasteiger partial charge in [-0.3, -0.25) is 0 Å². The molecule has 3 aromatic rings. The zero-order valence-electron chi connectivity index (χ0n) is 10.2. The summed E-state index contributed by atoms with van der Waals surface area (Å²) in [7, 11) is 0. The molecule has 0 bridgehead atoms. The molecule has 0 radical (unpaired) electrons. The number of nitrogens with two attached hydrogens (primary N) is 1. The van der Waals surface area contributed by atoms with Gasteiger partial charge in [-0.15, -0.1) is 0 Å². The van der Waals surface area contributed by atoms with Gasteiger partial charge < -0.3 is 11.1 Å². The summed E-state index contributed by atoms with van der Waals surface area (Å²) in [6, 6.07) is 9.19. The third-order valence-electron chi connectivity index (χ3n) is 2.51. The number of hydrogen-bond donors (Lipinski definition) is 2. The van der Waals surface area contributed by atoms with E-state index in [-0.39, 0.29) is 0 Å². The summed E-state index contributed by atoms with van der Waals surface area (Å²) in [4.78, 5) is 13.5. The Hall–Kier alpha value is -2.18. The van der Waals surface area contributed by atoms with E-state index >= 15 is 0 Å². The normalized spacial score (nSPS) is 10.4. The average molecular weight is 304 g/mol. The van der Waals surface area contributed by atoms with E-state index in [0.717, 1.165) is 16.3 Å². The van der Waals surface area contributed by atoms with Crippen molar-refractivity contribution in [1.82, 2.24) is 15.0 Å². The molecule has 0 fully saturated rings. The Balaban J connectivity index is 1.88. The van der Waals surface area contributed by atoms with Crippen LogP contribution < -0.4 is 11.1 Å². The summed E-state index contributed by atoms with van der Waals surface area (Å²) in [5.41, 5.74) is 7.24. The van der Waals surface area contributed by atoms with Crippen molar-refractivity contribution >= 4 is 39.7 Å². The van der Waals surface area contributed by atoms with E-state index < -0.39 is 0 Å². The van der Waals surface area contributed by atoms with E-state index in [1.54, 1.807) is 12.4 Å². The summed E-state index contributed by atoms with van der Waals surface area (Å²) < 4.78 is 0. The highest BCUT2D eigenvalue weighted by Gasteiger charge is 2.06. The van der Waals surface area contributed by atoms with Gasteiger partial charge in [0.1, 0.15) is 0 Å². The van der Waals surface area contributed by atoms with Gasteiger partial charge in [0.15, 0.2) is 5.13 Å². The maximum absolute atomic E-state index is 5.94. The van der Waals surface area contributed by atoms with Crippen LogP contribution in [0.2, 0.25) is 5.02 Å². The Labute approximate surface area is 124 Å². The molecule has 100 valence electrons. The minimum atomic E-state index is 0.497. The third-order valence-corrected chi connectivity index (χ3v) is 3.60. The summed E-state index contributed by atoms with van der Waals surface area (Å²) >= 11 is 7.33. The maximum atomic E-state index is 5.94. The van der Waals surface area contributed by atoms with Crippen molar-refractivity contribution in [3.63, 3.8) is 0 Å². The van der Waals surface area contributed by atoms with Crippen molar-refractivity contribution in [2.45, 2.75) is 0 Å². The van der Waals surface area contributed by atoms with E-state index in [2.05, 4.69) is 20.3 Å². The molecule has 1 aromatic carbocycles. The van der Waals surface area contributed by atoms with Crippen molar-refractivity contribution in [1.29, 1.82) is 0 Å². The highest BCUT2D eigenvalue weighted by Crippen LogP contribution is 2.26. The molecule has 0 atom stereocenters. The minimum Gasteiger partial charge on any atom is -0.375 e. The standard InChI is InChI=1S/C13H10ClN5S/c14-8-2-1-3-9(6-8)18-13-16-5-4-10(19-13)11-7-17-12(15)20-11/h1-7H,(H2,15,17)(H,16,18,19). The van der Waals surface area contributed by atoms with Crippen LogP contribution in [0.15, 0.2) is 42.7 Å². The second-order valence-electron chi connectivity index (χ2n) is 3.96. The quantitative estimate of drug-likeness (QED) is 0.773. The smallest absolute Gasteiger partial charge is 0.227 e. The van der Waals surface area contributed by atoms with Crippen molar-refractivity contribution in [3.8, 4) is 10.6 Å². The molecule has 20 heavy (non-hydrogen) atoms. The molecule has 0 unspecified atom stereocenters. The largest absolute Gasteiger partial charge is 0.375 e. The van der Waals surface area contributed by atoms with Crippen molar-refractivity contribution < 1.29 is 0 Å². The molecule has 0 saturated heterocycles. The van der Waals surface area contributed by atoms with E-state index in [0.29, 0.717) is 16.1 Å². The average Bonchev–Trinajstić information content (AvgIpc) is 2.86. The highest BCUT2D eigenvalue weighted by atomic mass is 35.5. The zero-order valence-corrected chi connectivity index (χ0v) is 11.8. The van der Waals surface area contributed by atoms with Gasteiger partial charge in [-0.05, 0) is 24.3 Å². The maximum Gasteiger partial charge on any atom is 0.227 e. The Bertz CT molecular complexity index is 743. The fourth-order valence-electron chi connectivity index (χ4n) is 1.66. The van der Waals surface area contributed by atoms with E-state index in [1.807, 2.05) is 30.3 Å². The van der Waals surface area contributed by atoms with E-state index in [1.165, 1.54) is 11.3 Å². The van der Waals surface area contributed by atoms with E-state index in [9.17, 15) is 0 Å². The lowest BCUT2D eigenvalue weighted by atomic mass is 10.3. The molecule has 5 nitrogen and oxygen atoms in total. The molecular formula is C13H10ClN5S. The lowest BCUT2D eigenvalue weighted by Gasteiger charge is -2.05. The number of nitrogens with one attached hydrogen (secondary N) is 1. The number of rotatable bonds is 3. The van der Waals surface area contributed by atoms with Crippen LogP contribution in [0.5, 0.6) is 0 Å². The number of nitrogen functional groups attached to an aromatic ring is 1. The van der Waals surface area contributed by atoms with Crippen LogP contribution in [-0.2, 0) is 0 Å². The Morgan fingerprint density at radius 3 is 2.85 bits per heavy atom. The summed E-state index contributed by atoms with van der Waals surface area (Å²) in [6.07, 6.45) is 3.39. The number of halogens is 1. The number of benzene rings is 1. The zero-order chi connectivity index (χ0) is 13.9. The molecular weight excluding hydrogens is 294 g/mol. The summed E-state index contributed by atoms with van der Waals surface area (Å²) in [6.45, 7) is 0. The molecule has 0 spiro atoms. The van der Waals surface area contributed by atoms with Crippen LogP contribution in [0.25, 0.3) is 10.6 Å². The van der Waals surface area contributed by atoms with Crippen molar-refractivity contribution in [3.05, 3.63) is 47.7 Å². The van der Waals surface area contributed by atoms with Crippen LogP contribution in [0.1, 0.15) is 0 Å². The SMILES string of the molecule is Nc1ncc(-c2ccnc(Nc3cccc(Cl)c3)n2)s1. The predicted octanol–water partition coefficient (Wildman–Crippen LogP) is 3.58. The van der Waals surface area contributed by atoms with Gasteiger partial charge in [-0.2, -0.15) is 0 Å². The van der Waals surface area contributed by atoms with Gasteiger partial charge in [0.05, 0.1) is 10.6 Å². The molecule has 2 heterocycles. The van der Waals surface area contributed by atoms with Gasteiger partial charge in [0, 0.05) is 23.1 Å². The Morgan fingerprint density at radius 2 is 2.10 bits per heavy atom. The monoisotopic (exact) mass is 303 g/mol. The number of nitrogens with zero attached hydrogens (tertiary/aromatic N) is 3. The van der Waals surface area contributed by atoms with Crippen LogP contribution >= 0.6 is 22.9 Å². The number of aromatic nitrogens is 3. The lowest BCUT2D eigenvalue weighted by Crippen LogP contribution is -1.97. The molecule has 2 aromatic heterocycles. The summed E-state index contributed by atoms with van der Waals surface area (Å²) in [5, 5.41) is 4.28. The molecule has 0 saturated carbocycles. The first-order chi connectivity index (χ1) is 9.70. The van der Waals surface area contributed by atoms with Crippen LogP contribution in [-0.4, -0.2) is 15.0 Å². The van der Waals surface area contributed by atoms with Crippen molar-refractivity contribution in [2.75, 3.05) is 11.1 Å². The van der Waals surface area contributed by atoms with Crippen LogP contribution in [0.4, 0.5) is 16.8 Å². The van der Waals surface area contributed by atoms with Crippen molar-refractivity contribution in [2.24, 2.45) is 0 Å². The minimum absolute atomic E-state index is 0.497. The molecule has 0 aliphatic heterocycles. The first-order valence-corrected chi connectivity index (χ1v) is 6.97. The first kappa shape index (κ1) is 12.8. The predicted molar refractivity (Wildman–Crippen MR) is 82.3 cm³/mol. The fraction of sp³-hybridized carbons (Fsp3) is 0. The number of anilines is 3. The van der Waals surface area contributed by atoms with E-state index in [4.69, 9.17) is 17.3 Å². The van der Waals surface area contributed by atoms with Gasteiger partial charge in [-0.1, -0.05) is 29.0 Å². The van der Waals surface area contributed by atoms with Crippen LogP contribution in [0.3, 0.4) is 0 Å². The number of thiazole rings is 1. The topological polar surface area (TPSA) is 76.7 Å². The third kappa shape index (κ3) is 2.87. The Morgan fingerprint density at radius 1 is 1.20 bits per heavy atom. The second kappa shape index (κ2) is 5.44. The lowest BCUT2D eigenvalue weighted by molar-refractivity contribution is 1.17. The second-order valence-corrected chi connectivity index (χ2v) is 5.46. The van der Waals surface area contributed by atoms with Gasteiger partial charge in [-0.25, -0.2) is 15.0 Å². The van der Waals surface area contributed by atoms with Crippen LogP contribution in [0, 0.1) is 0 Å². The fourth-order valence-corrected chi connectivity index (χ4v) is 2.50. The Kier molecular flexibility index (Phi) is 3.49. The molecule has 3 N–H and O–H groups in total. The van der Waals surface area contributed by atoms with Gasteiger partial charge in [0.25, 0.3) is 0 Å². The molecule has 0 aliphatic carbocycles. The molecule has 3 rings (SSSR count). The first-order valence-electron chi connectivity index (χ1n) is 5.78. The molecule has 0 aliphatic rings. The van der Waals surface area contributed by atoms with Gasteiger partial charge >= 0.3 is 0 Å².